The largest absolute Gasteiger partial charge is 0.573 e. The fraction of sp³-hybridized carbons (Fsp3) is 0.269. The number of benzene rings is 3. The minimum absolute atomic E-state index is 0.0857. The SMILES string of the molecule is CC(=O)N1C[C@@H](NS(=O)(=O)c2ccc(OC(F)(F)F)cc2)[C@H](O)[C@@H](n2c3ccc(Cl)cc3c3cc(Cl)ccc32)C1. The molecule has 212 valence electrons. The molecule has 1 aliphatic rings. The van der Waals surface area contributed by atoms with E-state index in [2.05, 4.69) is 9.46 Å². The standard InChI is InChI=1S/C26H22Cl2F3N3O5S/c1-14(35)33-12-21(32-40(37,38)18-6-4-17(5-7-18)39-26(29,30)31)25(36)24(13-33)34-22-8-2-15(27)10-19(22)20-11-16(28)3-9-23(20)34/h2-11,21,24-25,32,36H,12-13H2,1H3/t21-,24+,25+/m1/s1. The van der Waals surface area contributed by atoms with E-state index in [0.29, 0.717) is 21.1 Å². The number of rotatable bonds is 5. The number of aliphatic hydroxyl groups excluding tert-OH is 1. The van der Waals surface area contributed by atoms with Gasteiger partial charge in [0.1, 0.15) is 5.75 Å². The zero-order chi connectivity index (χ0) is 29.0. The molecule has 40 heavy (non-hydrogen) atoms. The molecule has 8 nitrogen and oxygen atoms in total. The number of halogens is 5. The Bertz CT molecular complexity index is 1650. The molecule has 4 aromatic rings. The van der Waals surface area contributed by atoms with E-state index in [1.807, 2.05) is 4.57 Å². The molecule has 3 atom stereocenters. The van der Waals surface area contributed by atoms with Crippen LogP contribution >= 0.6 is 23.2 Å². The highest BCUT2D eigenvalue weighted by Gasteiger charge is 2.41. The minimum Gasteiger partial charge on any atom is -0.406 e. The van der Waals surface area contributed by atoms with E-state index in [9.17, 15) is 31.5 Å². The van der Waals surface area contributed by atoms with Gasteiger partial charge in [0.15, 0.2) is 0 Å². The van der Waals surface area contributed by atoms with Gasteiger partial charge in [0.2, 0.25) is 15.9 Å². The van der Waals surface area contributed by atoms with Crippen molar-refractivity contribution in [3.63, 3.8) is 0 Å². The van der Waals surface area contributed by atoms with Crippen molar-refractivity contribution in [1.82, 2.24) is 14.2 Å². The summed E-state index contributed by atoms with van der Waals surface area (Å²) in [5, 5.41) is 14.0. The summed E-state index contributed by atoms with van der Waals surface area (Å²) in [4.78, 5) is 13.6. The highest BCUT2D eigenvalue weighted by molar-refractivity contribution is 7.89. The quantitative estimate of drug-likeness (QED) is 0.325. The van der Waals surface area contributed by atoms with Gasteiger partial charge in [-0.2, -0.15) is 0 Å². The van der Waals surface area contributed by atoms with E-state index < -0.39 is 40.3 Å². The second kappa shape index (κ2) is 10.4. The van der Waals surface area contributed by atoms with Crippen molar-refractivity contribution < 1.29 is 36.2 Å². The van der Waals surface area contributed by atoms with Crippen molar-refractivity contribution >= 4 is 60.9 Å². The van der Waals surface area contributed by atoms with Gasteiger partial charge in [-0.25, -0.2) is 13.1 Å². The Morgan fingerprint density at radius 2 is 1.52 bits per heavy atom. The van der Waals surface area contributed by atoms with Crippen molar-refractivity contribution in [1.29, 1.82) is 0 Å². The molecule has 2 N–H and O–H groups in total. The van der Waals surface area contributed by atoms with Gasteiger partial charge < -0.3 is 19.3 Å². The Kier molecular flexibility index (Phi) is 7.42. The predicted molar refractivity (Wildman–Crippen MR) is 144 cm³/mol. The Labute approximate surface area is 236 Å². The lowest BCUT2D eigenvalue weighted by Crippen LogP contribution is -2.60. The van der Waals surface area contributed by atoms with Crippen LogP contribution in [0.1, 0.15) is 13.0 Å². The molecular formula is C26H22Cl2F3N3O5S. The average molecular weight is 616 g/mol. The lowest BCUT2D eigenvalue weighted by Gasteiger charge is -2.42. The first-order valence-corrected chi connectivity index (χ1v) is 14.2. The number of likely N-dealkylation sites (tertiary alicyclic amines) is 1. The number of piperidine rings is 1. The molecule has 14 heteroatoms. The summed E-state index contributed by atoms with van der Waals surface area (Å²) in [6, 6.07) is 12.2. The number of carbonyl (C=O) groups is 1. The number of hydrogen-bond acceptors (Lipinski definition) is 5. The predicted octanol–water partition coefficient (Wildman–Crippen LogP) is 5.11. The van der Waals surface area contributed by atoms with Crippen LogP contribution in [0.5, 0.6) is 5.75 Å². The topological polar surface area (TPSA) is 101 Å². The second-order valence-corrected chi connectivity index (χ2v) is 12.0. The zero-order valence-corrected chi connectivity index (χ0v) is 23.0. The van der Waals surface area contributed by atoms with Crippen LogP contribution in [-0.2, 0) is 14.8 Å². The van der Waals surface area contributed by atoms with Gasteiger partial charge in [-0.1, -0.05) is 23.2 Å². The first-order chi connectivity index (χ1) is 18.7. The number of sulfonamides is 1. The number of carbonyl (C=O) groups excluding carboxylic acids is 1. The summed E-state index contributed by atoms with van der Waals surface area (Å²) in [5.41, 5.74) is 1.39. The van der Waals surface area contributed by atoms with Gasteiger partial charge in [-0.3, -0.25) is 4.79 Å². The number of aromatic nitrogens is 1. The van der Waals surface area contributed by atoms with Gasteiger partial charge in [0, 0.05) is 51.9 Å². The van der Waals surface area contributed by atoms with Crippen LogP contribution in [0.3, 0.4) is 0 Å². The van der Waals surface area contributed by atoms with Crippen LogP contribution in [0.25, 0.3) is 21.8 Å². The Hall–Kier alpha value is -3.03. The van der Waals surface area contributed by atoms with Crippen molar-refractivity contribution in [2.45, 2.75) is 36.4 Å². The summed E-state index contributed by atoms with van der Waals surface area (Å²) in [5.74, 6) is -0.917. The lowest BCUT2D eigenvalue weighted by atomic mass is 9.97. The van der Waals surface area contributed by atoms with E-state index in [1.54, 1.807) is 36.4 Å². The smallest absolute Gasteiger partial charge is 0.406 e. The highest BCUT2D eigenvalue weighted by Crippen LogP contribution is 2.38. The highest BCUT2D eigenvalue weighted by atomic mass is 35.5. The molecular weight excluding hydrogens is 594 g/mol. The Morgan fingerprint density at radius 3 is 2.02 bits per heavy atom. The molecule has 0 spiro atoms. The van der Waals surface area contributed by atoms with Gasteiger partial charge in [-0.15, -0.1) is 13.2 Å². The van der Waals surface area contributed by atoms with Crippen LogP contribution < -0.4 is 9.46 Å². The third kappa shape index (κ3) is 5.59. The van der Waals surface area contributed by atoms with Gasteiger partial charge in [-0.05, 0) is 60.7 Å². The Balaban J connectivity index is 1.53. The van der Waals surface area contributed by atoms with Gasteiger partial charge in [0.05, 0.1) is 23.1 Å². The third-order valence-electron chi connectivity index (χ3n) is 6.81. The summed E-state index contributed by atoms with van der Waals surface area (Å²) < 4.78 is 71.9. The van der Waals surface area contributed by atoms with E-state index in [4.69, 9.17) is 23.2 Å². The first-order valence-electron chi connectivity index (χ1n) is 11.9. The van der Waals surface area contributed by atoms with Crippen LogP contribution in [0.15, 0.2) is 65.6 Å². The van der Waals surface area contributed by atoms with E-state index in [1.165, 1.54) is 11.8 Å². The van der Waals surface area contributed by atoms with E-state index in [-0.39, 0.29) is 23.9 Å². The van der Waals surface area contributed by atoms with Crippen LogP contribution in [0.2, 0.25) is 10.0 Å². The second-order valence-electron chi connectivity index (χ2n) is 9.42. The third-order valence-corrected chi connectivity index (χ3v) is 8.78. The molecule has 1 aliphatic heterocycles. The van der Waals surface area contributed by atoms with E-state index in [0.717, 1.165) is 35.0 Å². The van der Waals surface area contributed by atoms with Crippen molar-refractivity contribution in [2.75, 3.05) is 13.1 Å². The van der Waals surface area contributed by atoms with Gasteiger partial charge >= 0.3 is 6.36 Å². The molecule has 1 fully saturated rings. The maximum atomic E-state index is 13.2. The zero-order valence-electron chi connectivity index (χ0n) is 20.7. The Morgan fingerprint density at radius 1 is 0.975 bits per heavy atom. The number of nitrogens with one attached hydrogen (secondary N) is 1. The molecule has 0 saturated carbocycles. The summed E-state index contributed by atoms with van der Waals surface area (Å²) in [7, 11) is -4.32. The molecule has 1 aromatic heterocycles. The summed E-state index contributed by atoms with van der Waals surface area (Å²) in [6.45, 7) is 1.30. The monoisotopic (exact) mass is 615 g/mol. The lowest BCUT2D eigenvalue weighted by molar-refractivity contribution is -0.274. The number of alkyl halides is 3. The number of hydrogen-bond donors (Lipinski definition) is 2. The molecule has 1 saturated heterocycles. The van der Waals surface area contributed by atoms with Gasteiger partial charge in [0.25, 0.3) is 0 Å². The molecule has 0 bridgehead atoms. The average Bonchev–Trinajstić information content (AvgIpc) is 3.17. The van der Waals surface area contributed by atoms with Crippen molar-refractivity contribution in [3.05, 3.63) is 70.7 Å². The van der Waals surface area contributed by atoms with Crippen LogP contribution in [0, 0.1) is 0 Å². The number of nitrogens with zero attached hydrogens (tertiary/aromatic N) is 2. The molecule has 0 radical (unpaired) electrons. The van der Waals surface area contributed by atoms with Crippen LogP contribution in [-0.4, -0.2) is 60.5 Å². The fourth-order valence-corrected chi connectivity index (χ4v) is 6.65. The fourth-order valence-electron chi connectivity index (χ4n) is 5.06. The van der Waals surface area contributed by atoms with Crippen molar-refractivity contribution in [3.8, 4) is 5.75 Å². The molecule has 5 rings (SSSR count). The molecule has 0 aliphatic carbocycles. The summed E-state index contributed by atoms with van der Waals surface area (Å²) in [6.07, 6.45) is -6.23. The van der Waals surface area contributed by atoms with Crippen molar-refractivity contribution in [2.24, 2.45) is 0 Å². The normalized spacial score (nSPS) is 20.3. The number of fused-ring (bicyclic) bond motifs is 3. The maximum Gasteiger partial charge on any atom is 0.573 e. The summed E-state index contributed by atoms with van der Waals surface area (Å²) >= 11 is 12.5. The molecule has 3 aromatic carbocycles. The number of amides is 1. The molecule has 1 amide bonds. The molecule has 0 unspecified atom stereocenters. The maximum absolute atomic E-state index is 13.2. The molecule has 2 heterocycles. The minimum atomic E-state index is -4.93. The van der Waals surface area contributed by atoms with Crippen LogP contribution in [0.4, 0.5) is 13.2 Å². The van der Waals surface area contributed by atoms with E-state index >= 15 is 0 Å². The number of aliphatic hydroxyl groups is 1. The number of ether oxygens (including phenoxy) is 1. The first kappa shape index (κ1) is 28.5.